The molecular formula is C15H21BrF3NO. The molecule has 0 aliphatic rings. The van der Waals surface area contributed by atoms with Crippen LogP contribution in [0.1, 0.15) is 46.0 Å². The summed E-state index contributed by atoms with van der Waals surface area (Å²) < 4.78 is 40.7. The van der Waals surface area contributed by atoms with Crippen molar-refractivity contribution in [3.8, 4) is 5.75 Å². The maximum Gasteiger partial charge on any atom is 0.573 e. The van der Waals surface area contributed by atoms with Gasteiger partial charge in [-0.25, -0.2) is 0 Å². The smallest absolute Gasteiger partial charge is 0.405 e. The van der Waals surface area contributed by atoms with Crippen molar-refractivity contribution in [3.63, 3.8) is 0 Å². The summed E-state index contributed by atoms with van der Waals surface area (Å²) in [7, 11) is 0. The van der Waals surface area contributed by atoms with Crippen LogP contribution in [0.25, 0.3) is 0 Å². The van der Waals surface area contributed by atoms with Crippen molar-refractivity contribution >= 4 is 21.6 Å². The summed E-state index contributed by atoms with van der Waals surface area (Å²) in [6.07, 6.45) is 1.17. The van der Waals surface area contributed by atoms with E-state index in [1.165, 1.54) is 25.3 Å². The lowest BCUT2D eigenvalue weighted by molar-refractivity contribution is -0.274. The Kier molecular flexibility index (Phi) is 7.35. The van der Waals surface area contributed by atoms with Crippen LogP contribution in [-0.4, -0.2) is 12.4 Å². The molecule has 0 spiro atoms. The molecule has 1 aromatic rings. The molecule has 0 saturated heterocycles. The normalized spacial score (nSPS) is 13.0. The van der Waals surface area contributed by atoms with E-state index in [-0.39, 0.29) is 16.3 Å². The average molecular weight is 368 g/mol. The summed E-state index contributed by atoms with van der Waals surface area (Å²) in [4.78, 5) is 0. The molecule has 0 heterocycles. The Morgan fingerprint density at radius 1 is 1.24 bits per heavy atom. The van der Waals surface area contributed by atoms with Gasteiger partial charge < -0.3 is 10.1 Å². The minimum Gasteiger partial charge on any atom is -0.405 e. The number of alkyl halides is 3. The van der Waals surface area contributed by atoms with E-state index in [9.17, 15) is 13.2 Å². The minimum atomic E-state index is -4.68. The first kappa shape index (κ1) is 18.1. The molecule has 21 heavy (non-hydrogen) atoms. The lowest BCUT2D eigenvalue weighted by atomic mass is 10.1. The highest BCUT2D eigenvalue weighted by molar-refractivity contribution is 9.10. The highest BCUT2D eigenvalue weighted by atomic mass is 79.9. The fourth-order valence-electron chi connectivity index (χ4n) is 2.03. The Balaban J connectivity index is 2.51. The Morgan fingerprint density at radius 3 is 2.52 bits per heavy atom. The van der Waals surface area contributed by atoms with Gasteiger partial charge >= 0.3 is 6.36 Å². The average Bonchev–Trinajstić information content (AvgIpc) is 2.37. The van der Waals surface area contributed by atoms with Crippen LogP contribution in [0.2, 0.25) is 0 Å². The van der Waals surface area contributed by atoms with Crippen molar-refractivity contribution in [3.05, 3.63) is 22.7 Å². The fourth-order valence-corrected chi connectivity index (χ4v) is 2.49. The number of hydrogen-bond donors (Lipinski definition) is 1. The largest absolute Gasteiger partial charge is 0.573 e. The van der Waals surface area contributed by atoms with Gasteiger partial charge in [0.05, 0.1) is 4.47 Å². The molecular weight excluding hydrogens is 347 g/mol. The number of halogens is 4. The zero-order valence-electron chi connectivity index (χ0n) is 12.3. The Labute approximate surface area is 132 Å². The van der Waals surface area contributed by atoms with E-state index in [1.807, 2.05) is 0 Å². The number of anilines is 1. The van der Waals surface area contributed by atoms with Crippen LogP contribution in [0.15, 0.2) is 22.7 Å². The van der Waals surface area contributed by atoms with Gasteiger partial charge in [-0.15, -0.1) is 13.2 Å². The third kappa shape index (κ3) is 7.60. The summed E-state index contributed by atoms with van der Waals surface area (Å²) in [6, 6.07) is 4.78. The number of unbranched alkanes of at least 4 members (excludes halogenated alkanes) is 3. The zero-order valence-corrected chi connectivity index (χ0v) is 13.9. The van der Waals surface area contributed by atoms with Crippen molar-refractivity contribution in [2.75, 3.05) is 5.32 Å². The molecule has 1 rings (SSSR count). The summed E-state index contributed by atoms with van der Waals surface area (Å²) in [6.45, 7) is 4.24. The van der Waals surface area contributed by atoms with Gasteiger partial charge in [-0.1, -0.05) is 32.6 Å². The van der Waals surface area contributed by atoms with Gasteiger partial charge in [-0.2, -0.15) is 0 Å². The van der Waals surface area contributed by atoms with Crippen molar-refractivity contribution in [2.24, 2.45) is 0 Å². The number of rotatable bonds is 8. The Morgan fingerprint density at radius 2 is 1.95 bits per heavy atom. The fraction of sp³-hybridized carbons (Fsp3) is 0.600. The van der Waals surface area contributed by atoms with Crippen molar-refractivity contribution < 1.29 is 17.9 Å². The number of nitrogens with one attached hydrogen (secondary N) is 1. The second kappa shape index (κ2) is 8.51. The van der Waals surface area contributed by atoms with Gasteiger partial charge in [0.25, 0.3) is 0 Å². The summed E-state index contributed by atoms with van der Waals surface area (Å²) in [5.74, 6) is -0.233. The number of hydrogen-bond acceptors (Lipinski definition) is 2. The predicted molar refractivity (Wildman–Crippen MR) is 82.7 cm³/mol. The summed E-state index contributed by atoms with van der Waals surface area (Å²) in [5, 5.41) is 3.28. The molecule has 1 N–H and O–H groups in total. The van der Waals surface area contributed by atoms with Crippen molar-refractivity contribution in [2.45, 2.75) is 58.4 Å². The van der Waals surface area contributed by atoms with Gasteiger partial charge in [0.15, 0.2) is 0 Å². The van der Waals surface area contributed by atoms with E-state index in [2.05, 4.69) is 39.8 Å². The summed E-state index contributed by atoms with van der Waals surface area (Å²) >= 11 is 3.10. The molecule has 0 aliphatic carbocycles. The topological polar surface area (TPSA) is 21.3 Å². The van der Waals surface area contributed by atoms with Crippen molar-refractivity contribution in [1.29, 1.82) is 0 Å². The number of benzene rings is 1. The zero-order chi connectivity index (χ0) is 15.9. The Bertz CT molecular complexity index is 437. The molecule has 2 nitrogen and oxygen atoms in total. The third-order valence-electron chi connectivity index (χ3n) is 3.06. The van der Waals surface area contributed by atoms with Crippen LogP contribution >= 0.6 is 15.9 Å². The highest BCUT2D eigenvalue weighted by Gasteiger charge is 2.31. The molecule has 1 aromatic carbocycles. The highest BCUT2D eigenvalue weighted by Crippen LogP contribution is 2.32. The quantitative estimate of drug-likeness (QED) is 0.558. The van der Waals surface area contributed by atoms with E-state index in [1.54, 1.807) is 12.1 Å². The van der Waals surface area contributed by atoms with Gasteiger partial charge in [0.1, 0.15) is 5.75 Å². The van der Waals surface area contributed by atoms with Crippen LogP contribution < -0.4 is 10.1 Å². The molecule has 1 atom stereocenters. The lowest BCUT2D eigenvalue weighted by Gasteiger charge is -2.17. The van der Waals surface area contributed by atoms with Gasteiger partial charge in [-0.3, -0.25) is 0 Å². The molecule has 0 fully saturated rings. The van der Waals surface area contributed by atoms with E-state index in [4.69, 9.17) is 0 Å². The van der Waals surface area contributed by atoms with Gasteiger partial charge in [0, 0.05) is 11.7 Å². The van der Waals surface area contributed by atoms with Gasteiger partial charge in [0.2, 0.25) is 0 Å². The lowest BCUT2D eigenvalue weighted by Crippen LogP contribution is -2.18. The molecule has 0 aliphatic heterocycles. The molecule has 0 radical (unpaired) electrons. The molecule has 0 bridgehead atoms. The molecule has 6 heteroatoms. The second-order valence-corrected chi connectivity index (χ2v) is 5.94. The molecule has 0 saturated carbocycles. The molecule has 120 valence electrons. The SMILES string of the molecule is CCCCCCC(C)Nc1ccc(OC(F)(F)F)c(Br)c1. The summed E-state index contributed by atoms with van der Waals surface area (Å²) in [5.41, 5.74) is 0.777. The standard InChI is InChI=1S/C15H21BrF3NO/c1-3-4-5-6-7-11(2)20-12-8-9-14(13(16)10-12)21-15(17,18)19/h8-11,20H,3-7H2,1-2H3. The first-order valence-electron chi connectivity index (χ1n) is 7.13. The van der Waals surface area contributed by atoms with Gasteiger partial charge in [-0.05, 0) is 47.5 Å². The van der Waals surface area contributed by atoms with E-state index in [0.29, 0.717) is 0 Å². The van der Waals surface area contributed by atoms with Crippen LogP contribution in [0.3, 0.4) is 0 Å². The first-order chi connectivity index (χ1) is 9.81. The van der Waals surface area contributed by atoms with Crippen molar-refractivity contribution in [1.82, 2.24) is 0 Å². The van der Waals surface area contributed by atoms with E-state index < -0.39 is 6.36 Å². The minimum absolute atomic E-state index is 0.233. The van der Waals surface area contributed by atoms with Crippen LogP contribution in [-0.2, 0) is 0 Å². The maximum absolute atomic E-state index is 12.2. The van der Waals surface area contributed by atoms with Crippen LogP contribution in [0.4, 0.5) is 18.9 Å². The van der Waals surface area contributed by atoms with Crippen LogP contribution in [0, 0.1) is 0 Å². The predicted octanol–water partition coefficient (Wildman–Crippen LogP) is 6.12. The third-order valence-corrected chi connectivity index (χ3v) is 3.68. The molecule has 0 aromatic heterocycles. The molecule has 0 amide bonds. The van der Waals surface area contributed by atoms with E-state index in [0.717, 1.165) is 18.5 Å². The van der Waals surface area contributed by atoms with E-state index >= 15 is 0 Å². The Hall–Kier alpha value is -0.910. The first-order valence-corrected chi connectivity index (χ1v) is 7.93. The molecule has 1 unspecified atom stereocenters. The monoisotopic (exact) mass is 367 g/mol. The van der Waals surface area contributed by atoms with Crippen LogP contribution in [0.5, 0.6) is 5.75 Å². The second-order valence-electron chi connectivity index (χ2n) is 5.09. The maximum atomic E-state index is 12.2. The number of ether oxygens (including phenoxy) is 1.